The first-order valence-corrected chi connectivity index (χ1v) is 10.1. The first-order valence-electron chi connectivity index (χ1n) is 9.19. The van der Waals surface area contributed by atoms with Crippen LogP contribution < -0.4 is 0 Å². The van der Waals surface area contributed by atoms with E-state index in [1.54, 1.807) is 11.3 Å². The maximum absolute atomic E-state index is 12.7. The van der Waals surface area contributed by atoms with Gasteiger partial charge >= 0.3 is 0 Å². The normalized spacial score (nSPS) is 19.2. The van der Waals surface area contributed by atoms with Gasteiger partial charge in [0.2, 0.25) is 5.91 Å². The van der Waals surface area contributed by atoms with Gasteiger partial charge in [-0.2, -0.15) is 11.3 Å². The van der Waals surface area contributed by atoms with Crippen molar-refractivity contribution in [1.82, 2.24) is 4.90 Å². The quantitative estimate of drug-likeness (QED) is 0.739. The minimum absolute atomic E-state index is 0.0920. The molecule has 1 aromatic heterocycles. The van der Waals surface area contributed by atoms with Gasteiger partial charge in [0.05, 0.1) is 6.04 Å². The van der Waals surface area contributed by atoms with E-state index in [1.165, 1.54) is 23.1 Å². The van der Waals surface area contributed by atoms with Gasteiger partial charge in [0.1, 0.15) is 0 Å². The number of amides is 1. The molecule has 2 aromatic rings. The Bertz CT molecular complexity index is 781. The van der Waals surface area contributed by atoms with Gasteiger partial charge in [-0.1, -0.05) is 12.1 Å². The average molecular weight is 353 g/mol. The lowest BCUT2D eigenvalue weighted by Crippen LogP contribution is -2.30. The van der Waals surface area contributed by atoms with E-state index in [0.29, 0.717) is 12.8 Å². The smallest absolute Gasteiger partial charge is 0.223 e. The fraction of sp³-hybridized carbons (Fsp3) is 0.429. The lowest BCUT2D eigenvalue weighted by atomic mass is 10.0. The summed E-state index contributed by atoms with van der Waals surface area (Å²) in [6.07, 6.45) is 6.09. The van der Waals surface area contributed by atoms with Crippen molar-refractivity contribution in [3.05, 3.63) is 57.3 Å². The molecule has 1 aliphatic carbocycles. The highest BCUT2D eigenvalue weighted by molar-refractivity contribution is 7.08. The van der Waals surface area contributed by atoms with Crippen molar-refractivity contribution in [2.45, 2.75) is 51.0 Å². The SMILES string of the molecule is O=C(CCC(=O)N1CCC[C@H]1c1ccsc1)c1ccc2c(c1)CCC2. The van der Waals surface area contributed by atoms with Crippen molar-refractivity contribution >= 4 is 23.0 Å². The maximum atomic E-state index is 12.7. The van der Waals surface area contributed by atoms with Crippen LogP contribution in [0.3, 0.4) is 0 Å². The second kappa shape index (κ2) is 7.12. The van der Waals surface area contributed by atoms with E-state index in [1.807, 2.05) is 17.0 Å². The fourth-order valence-electron chi connectivity index (χ4n) is 4.13. The summed E-state index contributed by atoms with van der Waals surface area (Å²) >= 11 is 1.67. The van der Waals surface area contributed by atoms with Crippen molar-refractivity contribution in [2.75, 3.05) is 6.54 Å². The van der Waals surface area contributed by atoms with Gasteiger partial charge < -0.3 is 4.90 Å². The third kappa shape index (κ3) is 3.40. The van der Waals surface area contributed by atoms with Crippen LogP contribution in [-0.2, 0) is 17.6 Å². The molecule has 130 valence electrons. The number of hydrogen-bond donors (Lipinski definition) is 0. The lowest BCUT2D eigenvalue weighted by Gasteiger charge is -2.24. The van der Waals surface area contributed by atoms with E-state index in [-0.39, 0.29) is 17.7 Å². The van der Waals surface area contributed by atoms with Gasteiger partial charge in [0.25, 0.3) is 0 Å². The van der Waals surface area contributed by atoms with Crippen LogP contribution in [0.2, 0.25) is 0 Å². The number of thiophene rings is 1. The number of carbonyl (C=O) groups excluding carboxylic acids is 2. The maximum Gasteiger partial charge on any atom is 0.223 e. The van der Waals surface area contributed by atoms with Gasteiger partial charge in [0, 0.05) is 24.9 Å². The molecule has 4 heteroatoms. The number of fused-ring (bicyclic) bond motifs is 1. The molecule has 0 spiro atoms. The summed E-state index contributed by atoms with van der Waals surface area (Å²) in [7, 11) is 0. The van der Waals surface area contributed by atoms with Crippen LogP contribution in [0.15, 0.2) is 35.0 Å². The number of hydrogen-bond acceptors (Lipinski definition) is 3. The summed E-state index contributed by atoms with van der Waals surface area (Å²) in [6, 6.07) is 8.37. The molecule has 2 aliphatic rings. The second-order valence-electron chi connectivity index (χ2n) is 7.06. The van der Waals surface area contributed by atoms with Gasteiger partial charge in [0.15, 0.2) is 5.78 Å². The van der Waals surface area contributed by atoms with Crippen molar-refractivity contribution in [1.29, 1.82) is 0 Å². The van der Waals surface area contributed by atoms with Crippen molar-refractivity contribution in [3.8, 4) is 0 Å². The number of rotatable bonds is 5. The Hall–Kier alpha value is -1.94. The molecule has 1 fully saturated rings. The van der Waals surface area contributed by atoms with Crippen molar-refractivity contribution in [2.24, 2.45) is 0 Å². The molecule has 1 saturated heterocycles. The Balaban J connectivity index is 1.37. The third-order valence-corrected chi connectivity index (χ3v) is 6.19. The number of aryl methyl sites for hydroxylation is 2. The molecule has 1 aromatic carbocycles. The highest BCUT2D eigenvalue weighted by Crippen LogP contribution is 2.33. The second-order valence-corrected chi connectivity index (χ2v) is 7.84. The highest BCUT2D eigenvalue weighted by atomic mass is 32.1. The van der Waals surface area contributed by atoms with Crippen LogP contribution in [-0.4, -0.2) is 23.1 Å². The van der Waals surface area contributed by atoms with E-state index < -0.39 is 0 Å². The molecule has 0 saturated carbocycles. The predicted molar refractivity (Wildman–Crippen MR) is 100 cm³/mol. The monoisotopic (exact) mass is 353 g/mol. The van der Waals surface area contributed by atoms with E-state index in [0.717, 1.165) is 37.8 Å². The van der Waals surface area contributed by atoms with Crippen LogP contribution in [0, 0.1) is 0 Å². The number of benzene rings is 1. The Morgan fingerprint density at radius 1 is 1.08 bits per heavy atom. The summed E-state index contributed by atoms with van der Waals surface area (Å²) in [4.78, 5) is 27.1. The van der Waals surface area contributed by atoms with E-state index in [4.69, 9.17) is 0 Å². The van der Waals surface area contributed by atoms with Crippen LogP contribution in [0.25, 0.3) is 0 Å². The number of ketones is 1. The van der Waals surface area contributed by atoms with Gasteiger partial charge in [-0.05, 0) is 71.7 Å². The molecular formula is C21H23NO2S. The molecule has 25 heavy (non-hydrogen) atoms. The molecule has 2 heterocycles. The van der Waals surface area contributed by atoms with Gasteiger partial charge in [-0.3, -0.25) is 9.59 Å². The zero-order valence-corrected chi connectivity index (χ0v) is 15.2. The van der Waals surface area contributed by atoms with Crippen molar-refractivity contribution in [3.63, 3.8) is 0 Å². The summed E-state index contributed by atoms with van der Waals surface area (Å²) in [6.45, 7) is 0.812. The number of likely N-dealkylation sites (tertiary alicyclic amines) is 1. The molecule has 1 aliphatic heterocycles. The van der Waals surface area contributed by atoms with E-state index >= 15 is 0 Å². The minimum Gasteiger partial charge on any atom is -0.336 e. The molecule has 4 rings (SSSR count). The average Bonchev–Trinajstić information content (AvgIpc) is 3.38. The number of Topliss-reactive ketones (excluding diaryl/α,β-unsaturated/α-hetero) is 1. The molecule has 0 N–H and O–H groups in total. The van der Waals surface area contributed by atoms with Crippen LogP contribution in [0.1, 0.15) is 65.2 Å². The Labute approximate surface area is 152 Å². The van der Waals surface area contributed by atoms with E-state index in [2.05, 4.69) is 22.9 Å². The summed E-state index contributed by atoms with van der Waals surface area (Å²) in [5, 5.41) is 4.19. The topological polar surface area (TPSA) is 37.4 Å². The first kappa shape index (κ1) is 16.5. The Morgan fingerprint density at radius 2 is 1.96 bits per heavy atom. The molecule has 1 amide bonds. The fourth-order valence-corrected chi connectivity index (χ4v) is 4.84. The molecule has 1 atom stereocenters. The lowest BCUT2D eigenvalue weighted by molar-refractivity contribution is -0.132. The number of carbonyl (C=O) groups is 2. The van der Waals surface area contributed by atoms with Crippen LogP contribution >= 0.6 is 11.3 Å². The zero-order valence-electron chi connectivity index (χ0n) is 14.4. The molecule has 0 unspecified atom stereocenters. The highest BCUT2D eigenvalue weighted by Gasteiger charge is 2.30. The Kier molecular flexibility index (Phi) is 4.71. The predicted octanol–water partition coefficient (Wildman–Crippen LogP) is 4.56. The summed E-state index contributed by atoms with van der Waals surface area (Å²) in [5.41, 5.74) is 4.70. The third-order valence-electron chi connectivity index (χ3n) is 5.49. The standard InChI is InChI=1S/C21H23NO2S/c23-20(17-7-6-15-3-1-4-16(15)13-17)8-9-21(24)22-11-2-5-19(22)18-10-12-25-14-18/h6-7,10,12-14,19H,1-5,8-9,11H2/t19-/m0/s1. The van der Waals surface area contributed by atoms with Crippen LogP contribution in [0.5, 0.6) is 0 Å². The van der Waals surface area contributed by atoms with Gasteiger partial charge in [-0.15, -0.1) is 0 Å². The summed E-state index contributed by atoms with van der Waals surface area (Å²) < 4.78 is 0. The van der Waals surface area contributed by atoms with E-state index in [9.17, 15) is 9.59 Å². The molecule has 3 nitrogen and oxygen atoms in total. The summed E-state index contributed by atoms with van der Waals surface area (Å²) in [5.74, 6) is 0.206. The van der Waals surface area contributed by atoms with Gasteiger partial charge in [-0.25, -0.2) is 0 Å². The molecule has 0 bridgehead atoms. The minimum atomic E-state index is 0.0920. The van der Waals surface area contributed by atoms with Crippen LogP contribution in [0.4, 0.5) is 0 Å². The Morgan fingerprint density at radius 3 is 2.80 bits per heavy atom. The largest absolute Gasteiger partial charge is 0.336 e. The first-order chi connectivity index (χ1) is 12.2. The zero-order chi connectivity index (χ0) is 17.2. The number of nitrogens with zero attached hydrogens (tertiary/aromatic N) is 1. The molecule has 0 radical (unpaired) electrons. The van der Waals surface area contributed by atoms with Crippen molar-refractivity contribution < 1.29 is 9.59 Å². The molecular weight excluding hydrogens is 330 g/mol.